The summed E-state index contributed by atoms with van der Waals surface area (Å²) < 4.78 is 13.3. The number of piperidine rings is 1. The number of nitrogens with one attached hydrogen (secondary N) is 2. The Hall–Kier alpha value is -1.46. The van der Waals surface area contributed by atoms with E-state index in [-0.39, 0.29) is 11.7 Å². The lowest BCUT2D eigenvalue weighted by atomic mass is 9.80. The van der Waals surface area contributed by atoms with Crippen LogP contribution in [0.2, 0.25) is 0 Å². The van der Waals surface area contributed by atoms with Crippen LogP contribution in [0.5, 0.6) is 0 Å². The molecule has 2 saturated heterocycles. The van der Waals surface area contributed by atoms with E-state index in [1.807, 2.05) is 12.1 Å². The van der Waals surface area contributed by atoms with Gasteiger partial charge in [-0.1, -0.05) is 31.4 Å². The zero-order valence-corrected chi connectivity index (χ0v) is 15.4. The number of hydrazine groups is 1. The average Bonchev–Trinajstić information content (AvgIpc) is 3.19. The van der Waals surface area contributed by atoms with Crippen molar-refractivity contribution in [2.45, 2.75) is 56.9 Å². The van der Waals surface area contributed by atoms with Crippen LogP contribution in [0.4, 0.5) is 4.39 Å². The van der Waals surface area contributed by atoms with Crippen LogP contribution in [0, 0.1) is 17.7 Å². The van der Waals surface area contributed by atoms with E-state index in [0.717, 1.165) is 45.3 Å². The molecule has 0 spiro atoms. The van der Waals surface area contributed by atoms with Crippen molar-refractivity contribution in [2.24, 2.45) is 11.8 Å². The maximum absolute atomic E-state index is 13.3. The molecule has 3 aliphatic rings. The molecular formula is C21H30FN3O. The molecule has 3 fully saturated rings. The molecule has 2 heterocycles. The van der Waals surface area contributed by atoms with Gasteiger partial charge in [-0.2, -0.15) is 0 Å². The number of benzene rings is 1. The number of carbonyl (C=O) groups excluding carboxylic acids is 1. The number of nitrogens with zero attached hydrogens (tertiary/aromatic N) is 1. The molecule has 3 unspecified atom stereocenters. The van der Waals surface area contributed by atoms with E-state index in [0.29, 0.717) is 23.8 Å². The molecular weight excluding hydrogens is 329 g/mol. The first kappa shape index (κ1) is 17.9. The number of hydrogen-bond acceptors (Lipinski definition) is 3. The summed E-state index contributed by atoms with van der Waals surface area (Å²) in [5.41, 5.74) is 7.91. The van der Waals surface area contributed by atoms with Gasteiger partial charge in [0.15, 0.2) is 0 Å². The van der Waals surface area contributed by atoms with Crippen molar-refractivity contribution in [3.05, 3.63) is 35.6 Å². The highest BCUT2D eigenvalue weighted by Gasteiger charge is 2.38. The Morgan fingerprint density at radius 1 is 1.04 bits per heavy atom. The van der Waals surface area contributed by atoms with Gasteiger partial charge in [-0.25, -0.2) is 4.39 Å². The molecule has 1 amide bonds. The topological polar surface area (TPSA) is 44.4 Å². The van der Waals surface area contributed by atoms with Gasteiger partial charge < -0.3 is 4.90 Å². The van der Waals surface area contributed by atoms with Gasteiger partial charge in [-0.05, 0) is 49.3 Å². The number of carbonyl (C=O) groups is 1. The van der Waals surface area contributed by atoms with Crippen molar-refractivity contribution in [3.63, 3.8) is 0 Å². The molecule has 1 saturated carbocycles. The molecule has 2 N–H and O–H groups in total. The van der Waals surface area contributed by atoms with Crippen LogP contribution in [-0.4, -0.2) is 36.5 Å². The van der Waals surface area contributed by atoms with Crippen LogP contribution in [0.25, 0.3) is 0 Å². The Kier molecular flexibility index (Phi) is 5.55. The summed E-state index contributed by atoms with van der Waals surface area (Å²) in [4.78, 5) is 15.1. The Bertz CT molecular complexity index is 614. The first-order chi connectivity index (χ1) is 12.7. The average molecular weight is 359 g/mol. The van der Waals surface area contributed by atoms with E-state index >= 15 is 0 Å². The summed E-state index contributed by atoms with van der Waals surface area (Å²) in [5.74, 6) is 1.22. The quantitative estimate of drug-likeness (QED) is 0.871. The molecule has 0 aromatic heterocycles. The van der Waals surface area contributed by atoms with Gasteiger partial charge in [-0.15, -0.1) is 0 Å². The van der Waals surface area contributed by atoms with Crippen LogP contribution in [0.15, 0.2) is 24.3 Å². The van der Waals surface area contributed by atoms with Crippen molar-refractivity contribution in [3.8, 4) is 0 Å². The Morgan fingerprint density at radius 3 is 2.58 bits per heavy atom. The van der Waals surface area contributed by atoms with E-state index in [2.05, 4.69) is 15.8 Å². The normalized spacial score (nSPS) is 30.5. The van der Waals surface area contributed by atoms with Crippen LogP contribution in [0.1, 0.15) is 56.4 Å². The molecule has 0 bridgehead atoms. The predicted molar refractivity (Wildman–Crippen MR) is 99.9 cm³/mol. The van der Waals surface area contributed by atoms with Gasteiger partial charge >= 0.3 is 0 Å². The lowest BCUT2D eigenvalue weighted by Gasteiger charge is -2.39. The largest absolute Gasteiger partial charge is 0.342 e. The van der Waals surface area contributed by atoms with Gasteiger partial charge in [-0.3, -0.25) is 15.6 Å². The zero-order valence-electron chi connectivity index (χ0n) is 15.4. The van der Waals surface area contributed by atoms with Crippen molar-refractivity contribution >= 4 is 5.91 Å². The lowest BCUT2D eigenvalue weighted by Crippen LogP contribution is -2.49. The van der Waals surface area contributed by atoms with Crippen molar-refractivity contribution < 1.29 is 9.18 Å². The SMILES string of the molecule is O=C(C1CCCCC1)N1CCCC(C2NNCC2c2ccc(F)cc2)C1. The molecule has 26 heavy (non-hydrogen) atoms. The Morgan fingerprint density at radius 2 is 1.81 bits per heavy atom. The van der Waals surface area contributed by atoms with E-state index in [9.17, 15) is 9.18 Å². The van der Waals surface area contributed by atoms with E-state index in [1.54, 1.807) is 12.1 Å². The highest BCUT2D eigenvalue weighted by molar-refractivity contribution is 5.79. The lowest BCUT2D eigenvalue weighted by molar-refractivity contribution is -0.138. The first-order valence-corrected chi connectivity index (χ1v) is 10.2. The predicted octanol–water partition coefficient (Wildman–Crippen LogP) is 3.20. The number of rotatable bonds is 3. The third kappa shape index (κ3) is 3.79. The second-order valence-electron chi connectivity index (χ2n) is 8.23. The zero-order chi connectivity index (χ0) is 17.9. The summed E-state index contributed by atoms with van der Waals surface area (Å²) in [7, 11) is 0. The summed E-state index contributed by atoms with van der Waals surface area (Å²) in [6.07, 6.45) is 8.05. The van der Waals surface area contributed by atoms with Gasteiger partial charge in [0.2, 0.25) is 5.91 Å². The van der Waals surface area contributed by atoms with Crippen molar-refractivity contribution in [1.29, 1.82) is 0 Å². The van der Waals surface area contributed by atoms with Gasteiger partial charge in [0, 0.05) is 37.5 Å². The highest BCUT2D eigenvalue weighted by Crippen LogP contribution is 2.33. The maximum Gasteiger partial charge on any atom is 0.225 e. The summed E-state index contributed by atoms with van der Waals surface area (Å²) in [6, 6.07) is 7.18. The third-order valence-electron chi connectivity index (χ3n) is 6.55. The van der Waals surface area contributed by atoms with Crippen LogP contribution in [0.3, 0.4) is 0 Å². The first-order valence-electron chi connectivity index (χ1n) is 10.2. The standard InChI is InChI=1S/C21H30FN3O/c22-18-10-8-15(9-11-18)19-13-23-24-20(19)17-7-4-12-25(14-17)21(26)16-5-2-1-3-6-16/h8-11,16-17,19-20,23-24H,1-7,12-14H2. The summed E-state index contributed by atoms with van der Waals surface area (Å²) >= 11 is 0. The molecule has 1 aliphatic carbocycles. The Balaban J connectivity index is 1.43. The minimum Gasteiger partial charge on any atom is -0.342 e. The van der Waals surface area contributed by atoms with Crippen LogP contribution >= 0.6 is 0 Å². The van der Waals surface area contributed by atoms with Crippen LogP contribution < -0.4 is 10.9 Å². The maximum atomic E-state index is 13.3. The van der Waals surface area contributed by atoms with E-state index in [4.69, 9.17) is 0 Å². The highest BCUT2D eigenvalue weighted by atomic mass is 19.1. The molecule has 0 radical (unpaired) electrons. The molecule has 4 nitrogen and oxygen atoms in total. The second kappa shape index (κ2) is 8.05. The van der Waals surface area contributed by atoms with E-state index in [1.165, 1.54) is 24.8 Å². The number of halogens is 1. The molecule has 4 rings (SSSR count). The third-order valence-corrected chi connectivity index (χ3v) is 6.55. The summed E-state index contributed by atoms with van der Waals surface area (Å²) in [5, 5.41) is 0. The molecule has 1 aromatic carbocycles. The number of likely N-dealkylation sites (tertiary alicyclic amines) is 1. The fraction of sp³-hybridized carbons (Fsp3) is 0.667. The fourth-order valence-electron chi connectivity index (χ4n) is 5.11. The van der Waals surface area contributed by atoms with Crippen molar-refractivity contribution in [1.82, 2.24) is 15.8 Å². The number of hydrogen-bond donors (Lipinski definition) is 2. The Labute approximate surface area is 155 Å². The molecule has 3 atom stereocenters. The minimum absolute atomic E-state index is 0.189. The minimum atomic E-state index is -0.189. The van der Waals surface area contributed by atoms with E-state index < -0.39 is 0 Å². The smallest absolute Gasteiger partial charge is 0.225 e. The van der Waals surface area contributed by atoms with Gasteiger partial charge in [0.05, 0.1) is 0 Å². The molecule has 2 aliphatic heterocycles. The monoisotopic (exact) mass is 359 g/mol. The van der Waals surface area contributed by atoms with Gasteiger partial charge in [0.25, 0.3) is 0 Å². The fourth-order valence-corrected chi connectivity index (χ4v) is 5.11. The van der Waals surface area contributed by atoms with Crippen molar-refractivity contribution in [2.75, 3.05) is 19.6 Å². The summed E-state index contributed by atoms with van der Waals surface area (Å²) in [6.45, 7) is 2.61. The van der Waals surface area contributed by atoms with Crippen LogP contribution in [-0.2, 0) is 4.79 Å². The molecule has 5 heteroatoms. The van der Waals surface area contributed by atoms with Gasteiger partial charge in [0.1, 0.15) is 5.82 Å². The second-order valence-corrected chi connectivity index (χ2v) is 8.23. The molecule has 142 valence electrons. The number of amides is 1. The molecule has 1 aromatic rings.